The van der Waals surface area contributed by atoms with E-state index in [0.29, 0.717) is 29.9 Å². The van der Waals surface area contributed by atoms with Crippen LogP contribution < -0.4 is 26.5 Å². The van der Waals surface area contributed by atoms with Gasteiger partial charge in [0.25, 0.3) is 11.8 Å². The highest BCUT2D eigenvalue weighted by atomic mass is 31.2. The number of terminal acetylenes is 1. The number of rotatable bonds is 23. The van der Waals surface area contributed by atoms with Crippen molar-refractivity contribution in [2.45, 2.75) is 98.2 Å². The van der Waals surface area contributed by atoms with Crippen molar-refractivity contribution in [3.05, 3.63) is 137 Å². The maximum Gasteiger partial charge on any atom is 0.410 e. The Morgan fingerprint density at radius 2 is 1.54 bits per heavy atom. The van der Waals surface area contributed by atoms with Crippen molar-refractivity contribution < 1.29 is 47.7 Å². The monoisotopic (exact) mass is 989 g/mol. The lowest BCUT2D eigenvalue weighted by atomic mass is 10.1. The largest absolute Gasteiger partial charge is 0.445 e. The molecule has 0 radical (unpaired) electrons. The number of aryl methyl sites for hydroxylation is 1. The van der Waals surface area contributed by atoms with Crippen molar-refractivity contribution in [2.75, 3.05) is 23.6 Å². The Bertz CT molecular complexity index is 2780. The number of benzene rings is 4. The van der Waals surface area contributed by atoms with Gasteiger partial charge in [-0.2, -0.15) is 0 Å². The SMILES string of the molecule is C#CP(=O)(Nc1ccc(C(=O)N[C@@H](CC)C(=O)N[C@@H](C)C(=O)Nc2ccc(COC(=O)N(CCc3c(C)n(C)c4ccccc34)Cc3ccc(/C=C/C(=O)NO)cc3)cc2)cc1)OC(C)(C)COC(C)C. The number of nitrogens with zero attached hydrogens (tertiary/aromatic N) is 2. The van der Waals surface area contributed by atoms with Crippen LogP contribution in [0.4, 0.5) is 16.2 Å². The standard InChI is InChI=1S/C53H64N7O10P/c1-10-46(56-50(63)41-23-27-43(28-24-41)58-71(67,11-2)70-53(7,8)34-69-35(3)4)51(64)54-36(5)49(62)55-42-25-20-40(21-26-42)33-68-52(65)60(32-39-18-16-38(17-19-39)22-29-48(61)57-66)31-30-44-37(6)59(9)47-15-13-12-14-45(44)47/h2,12-29,35-36,46,66H,10,30-34H2,1,3-9H3,(H,54,64)(H,55,62)(H,56,63)(H,57,61)(H,58,67)/b29-22+/t36-,46-,71?/m0/s1. The van der Waals surface area contributed by atoms with E-state index >= 15 is 0 Å². The summed E-state index contributed by atoms with van der Waals surface area (Å²) in [6.45, 7) is 13.2. The van der Waals surface area contributed by atoms with Gasteiger partial charge in [0, 0.05) is 65.4 Å². The summed E-state index contributed by atoms with van der Waals surface area (Å²) in [4.78, 5) is 66.5. The minimum atomic E-state index is -3.79. The number of fused-ring (bicyclic) bond motifs is 1. The molecule has 0 bridgehead atoms. The van der Waals surface area contributed by atoms with Crippen LogP contribution in [0.3, 0.4) is 0 Å². The molecule has 17 nitrogen and oxygen atoms in total. The molecule has 5 aromatic rings. The molecule has 0 aliphatic rings. The maximum atomic E-state index is 13.8. The van der Waals surface area contributed by atoms with Gasteiger partial charge in [-0.15, -0.1) is 6.42 Å². The lowest BCUT2D eigenvalue weighted by Gasteiger charge is -2.29. The topological polar surface area (TPSA) is 219 Å². The molecule has 0 aliphatic carbocycles. The van der Waals surface area contributed by atoms with Crippen LogP contribution in [0, 0.1) is 19.0 Å². The Morgan fingerprint density at radius 1 is 0.887 bits per heavy atom. The number of hydrogen-bond donors (Lipinski definition) is 6. The Balaban J connectivity index is 1.14. The zero-order valence-electron chi connectivity index (χ0n) is 41.4. The van der Waals surface area contributed by atoms with E-state index in [0.717, 1.165) is 33.3 Å². The van der Waals surface area contributed by atoms with E-state index in [1.165, 1.54) is 37.3 Å². The second-order valence-corrected chi connectivity index (χ2v) is 19.6. The zero-order chi connectivity index (χ0) is 51.9. The predicted molar refractivity (Wildman–Crippen MR) is 274 cm³/mol. The average molecular weight is 990 g/mol. The smallest absolute Gasteiger partial charge is 0.410 e. The number of carbonyl (C=O) groups excluding carboxylic acids is 5. The molecule has 4 aromatic carbocycles. The summed E-state index contributed by atoms with van der Waals surface area (Å²) in [6, 6.07) is 26.3. The summed E-state index contributed by atoms with van der Waals surface area (Å²) in [5.41, 5.74) is 9.43. The molecule has 1 unspecified atom stereocenters. The van der Waals surface area contributed by atoms with Crippen molar-refractivity contribution >= 4 is 65.6 Å². The number of anilines is 2. The molecule has 1 heterocycles. The van der Waals surface area contributed by atoms with E-state index in [1.54, 1.807) is 61.5 Å². The fraction of sp³-hybridized carbons (Fsp3) is 0.340. The van der Waals surface area contributed by atoms with Crippen LogP contribution in [-0.2, 0) is 59.6 Å². The quantitative estimate of drug-likeness (QED) is 0.0120. The number of hydrogen-bond acceptors (Lipinski definition) is 10. The number of aromatic nitrogens is 1. The van der Waals surface area contributed by atoms with Crippen LogP contribution in [0.1, 0.15) is 86.3 Å². The molecule has 3 atom stereocenters. The van der Waals surface area contributed by atoms with E-state index in [4.69, 9.17) is 25.6 Å². The first-order valence-corrected chi connectivity index (χ1v) is 24.8. The third-order valence-corrected chi connectivity index (χ3v) is 13.1. The van der Waals surface area contributed by atoms with Gasteiger partial charge in [-0.3, -0.25) is 33.5 Å². The molecule has 5 amide bonds. The fourth-order valence-electron chi connectivity index (χ4n) is 7.39. The van der Waals surface area contributed by atoms with E-state index in [1.807, 2.05) is 57.3 Å². The third-order valence-electron chi connectivity index (χ3n) is 11.4. The van der Waals surface area contributed by atoms with Gasteiger partial charge >= 0.3 is 13.6 Å². The number of ether oxygens (including phenoxy) is 2. The molecule has 0 spiro atoms. The maximum absolute atomic E-state index is 13.8. The normalized spacial score (nSPS) is 13.1. The van der Waals surface area contributed by atoms with Gasteiger partial charge in [-0.25, -0.2) is 10.3 Å². The van der Waals surface area contributed by atoms with E-state index in [2.05, 4.69) is 50.3 Å². The number of carbonyl (C=O) groups is 5. The van der Waals surface area contributed by atoms with Gasteiger partial charge < -0.3 is 40.0 Å². The lowest BCUT2D eigenvalue weighted by molar-refractivity contribution is -0.127. The van der Waals surface area contributed by atoms with E-state index in [-0.39, 0.29) is 37.8 Å². The molecule has 0 saturated heterocycles. The van der Waals surface area contributed by atoms with Crippen LogP contribution in [0.5, 0.6) is 0 Å². The molecular weight excluding hydrogens is 926 g/mol. The minimum absolute atomic E-state index is 0.0404. The molecule has 18 heteroatoms. The molecule has 1 aromatic heterocycles. The highest BCUT2D eigenvalue weighted by molar-refractivity contribution is 7.65. The van der Waals surface area contributed by atoms with Crippen molar-refractivity contribution in [1.82, 2.24) is 25.6 Å². The minimum Gasteiger partial charge on any atom is -0.445 e. The number of amides is 5. The molecular formula is C53H64N7O10P. The first-order valence-electron chi connectivity index (χ1n) is 23.2. The number of para-hydroxylation sites is 1. The first-order chi connectivity index (χ1) is 33.7. The molecule has 0 fully saturated rings. The molecule has 376 valence electrons. The zero-order valence-corrected chi connectivity index (χ0v) is 42.3. The van der Waals surface area contributed by atoms with Crippen LogP contribution >= 0.6 is 7.52 Å². The molecule has 0 aliphatic heterocycles. The summed E-state index contributed by atoms with van der Waals surface area (Å²) in [5.74, 6) is -2.25. The highest BCUT2D eigenvalue weighted by Gasteiger charge is 2.32. The van der Waals surface area contributed by atoms with Crippen molar-refractivity contribution in [3.8, 4) is 12.1 Å². The summed E-state index contributed by atoms with van der Waals surface area (Å²) in [7, 11) is -1.77. The van der Waals surface area contributed by atoms with Gasteiger partial charge in [0.05, 0.1) is 18.3 Å². The Kier molecular flexibility index (Phi) is 19.3. The van der Waals surface area contributed by atoms with Crippen molar-refractivity contribution in [1.29, 1.82) is 0 Å². The third kappa shape index (κ3) is 15.9. The van der Waals surface area contributed by atoms with Gasteiger partial charge in [-0.05, 0) is 125 Å². The number of hydroxylamine groups is 1. The van der Waals surface area contributed by atoms with Gasteiger partial charge in [0.1, 0.15) is 18.7 Å². The Hall–Kier alpha value is -7.22. The van der Waals surface area contributed by atoms with Crippen LogP contribution in [0.2, 0.25) is 0 Å². The van der Waals surface area contributed by atoms with Crippen LogP contribution in [-0.4, -0.2) is 81.3 Å². The number of nitrogens with one attached hydrogen (secondary N) is 5. The second kappa shape index (κ2) is 25.1. The Labute approximate surface area is 415 Å². The Morgan fingerprint density at radius 3 is 2.17 bits per heavy atom. The highest BCUT2D eigenvalue weighted by Crippen LogP contribution is 2.49. The first kappa shape index (κ1) is 54.7. The fourth-order valence-corrected chi connectivity index (χ4v) is 8.80. The average Bonchev–Trinajstić information content (AvgIpc) is 3.60. The van der Waals surface area contributed by atoms with Crippen LogP contribution in [0.25, 0.3) is 17.0 Å². The summed E-state index contributed by atoms with van der Waals surface area (Å²) in [5, 5.41) is 20.8. The molecule has 71 heavy (non-hydrogen) atoms. The molecule has 0 saturated carbocycles. The lowest BCUT2D eigenvalue weighted by Crippen LogP contribution is -2.51. The second-order valence-electron chi connectivity index (χ2n) is 17.8. The van der Waals surface area contributed by atoms with Gasteiger partial charge in [0.2, 0.25) is 11.8 Å². The summed E-state index contributed by atoms with van der Waals surface area (Å²) >= 11 is 0. The predicted octanol–water partition coefficient (Wildman–Crippen LogP) is 8.45. The molecule has 5 rings (SSSR count). The van der Waals surface area contributed by atoms with Gasteiger partial charge in [-0.1, -0.05) is 61.5 Å². The van der Waals surface area contributed by atoms with Gasteiger partial charge in [0.15, 0.2) is 0 Å². The summed E-state index contributed by atoms with van der Waals surface area (Å²) < 4.78 is 32.7. The molecule has 6 N–H and O–H groups in total. The van der Waals surface area contributed by atoms with Crippen molar-refractivity contribution in [3.63, 3.8) is 0 Å². The van der Waals surface area contributed by atoms with Crippen molar-refractivity contribution in [2.24, 2.45) is 7.05 Å². The summed E-state index contributed by atoms with van der Waals surface area (Å²) in [6.07, 6.45) is 8.59. The van der Waals surface area contributed by atoms with Crippen LogP contribution in [0.15, 0.2) is 103 Å². The van der Waals surface area contributed by atoms with E-state index in [9.17, 15) is 28.5 Å². The van der Waals surface area contributed by atoms with E-state index < -0.39 is 54.9 Å².